The topological polar surface area (TPSA) is 17.1 Å². The second-order valence-corrected chi connectivity index (χ2v) is 6.04. The zero-order valence-corrected chi connectivity index (χ0v) is 11.8. The Labute approximate surface area is 111 Å². The molecule has 0 amide bonds. The van der Waals surface area contributed by atoms with Crippen molar-refractivity contribution in [1.82, 2.24) is 0 Å². The summed E-state index contributed by atoms with van der Waals surface area (Å²) in [6.45, 7) is 1.99. The van der Waals surface area contributed by atoms with E-state index < -0.39 is 10.8 Å². The molecule has 16 heavy (non-hydrogen) atoms. The molecule has 0 radical (unpaired) electrons. The van der Waals surface area contributed by atoms with Gasteiger partial charge in [-0.05, 0) is 53.3 Å². The van der Waals surface area contributed by atoms with Crippen molar-refractivity contribution < 1.29 is 4.21 Å². The van der Waals surface area contributed by atoms with Gasteiger partial charge in [0.1, 0.15) is 0 Å². The normalized spacial score (nSPS) is 12.4. The van der Waals surface area contributed by atoms with Crippen LogP contribution in [0.1, 0.15) is 5.56 Å². The molecule has 82 valence electrons. The van der Waals surface area contributed by atoms with E-state index in [1.807, 2.05) is 55.5 Å². The molecule has 0 saturated heterocycles. The van der Waals surface area contributed by atoms with Crippen molar-refractivity contribution in [2.45, 2.75) is 16.7 Å². The van der Waals surface area contributed by atoms with Crippen molar-refractivity contribution in [3.63, 3.8) is 0 Å². The maximum Gasteiger partial charge on any atom is 0.0863 e. The van der Waals surface area contributed by atoms with Gasteiger partial charge in [-0.2, -0.15) is 0 Å². The van der Waals surface area contributed by atoms with Crippen LogP contribution < -0.4 is 0 Å². The molecule has 0 aliphatic rings. The molecule has 0 N–H and O–H groups in total. The molecule has 1 unspecified atom stereocenters. The third-order valence-electron chi connectivity index (χ3n) is 2.33. The van der Waals surface area contributed by atoms with Crippen LogP contribution >= 0.6 is 22.6 Å². The molecule has 0 saturated carbocycles. The highest BCUT2D eigenvalue weighted by Crippen LogP contribution is 2.23. The molecule has 0 fully saturated rings. The van der Waals surface area contributed by atoms with Crippen molar-refractivity contribution in [3.8, 4) is 0 Å². The summed E-state index contributed by atoms with van der Waals surface area (Å²) in [4.78, 5) is 1.78. The van der Waals surface area contributed by atoms with E-state index >= 15 is 0 Å². The summed E-state index contributed by atoms with van der Waals surface area (Å²) in [5.41, 5.74) is 1.07. The number of rotatable bonds is 2. The zero-order valence-electron chi connectivity index (χ0n) is 8.81. The lowest BCUT2D eigenvalue weighted by Gasteiger charge is -2.07. The average molecular weight is 342 g/mol. The van der Waals surface area contributed by atoms with Gasteiger partial charge in [0.2, 0.25) is 0 Å². The van der Waals surface area contributed by atoms with Crippen molar-refractivity contribution in [1.29, 1.82) is 0 Å². The standard InChI is InChI=1S/C13H11IOS/c1-10-6-2-4-8-12(10)16(15)13-9-5-3-7-11(13)14/h2-9H,1H3. The third kappa shape index (κ3) is 2.35. The summed E-state index contributed by atoms with van der Waals surface area (Å²) in [5.74, 6) is 0. The molecule has 2 rings (SSSR count). The largest absolute Gasteiger partial charge is 0.249 e. The molecule has 2 aromatic rings. The van der Waals surface area contributed by atoms with Crippen LogP contribution in [0.3, 0.4) is 0 Å². The molecular weight excluding hydrogens is 331 g/mol. The first-order chi connectivity index (χ1) is 7.70. The SMILES string of the molecule is Cc1ccccc1S(=O)c1ccccc1I. The van der Waals surface area contributed by atoms with E-state index in [4.69, 9.17) is 0 Å². The fourth-order valence-corrected chi connectivity index (χ4v) is 3.71. The Balaban J connectivity index is 2.48. The van der Waals surface area contributed by atoms with Gasteiger partial charge in [-0.1, -0.05) is 30.3 Å². The molecule has 0 heterocycles. The molecule has 2 aromatic carbocycles. The fourth-order valence-electron chi connectivity index (χ4n) is 1.48. The first-order valence-corrected chi connectivity index (χ1v) is 7.15. The van der Waals surface area contributed by atoms with E-state index in [0.29, 0.717) is 0 Å². The Morgan fingerprint density at radius 1 is 0.938 bits per heavy atom. The van der Waals surface area contributed by atoms with Crippen LogP contribution in [-0.4, -0.2) is 4.21 Å². The minimum Gasteiger partial charge on any atom is -0.249 e. The van der Waals surface area contributed by atoms with Crippen LogP contribution in [0.25, 0.3) is 0 Å². The molecule has 0 aliphatic carbocycles. The molecule has 0 aliphatic heterocycles. The van der Waals surface area contributed by atoms with Gasteiger partial charge < -0.3 is 0 Å². The van der Waals surface area contributed by atoms with E-state index in [9.17, 15) is 4.21 Å². The number of benzene rings is 2. The van der Waals surface area contributed by atoms with Gasteiger partial charge in [-0.15, -0.1) is 0 Å². The Hall–Kier alpha value is -0.680. The summed E-state index contributed by atoms with van der Waals surface area (Å²) < 4.78 is 13.4. The van der Waals surface area contributed by atoms with Crippen LogP contribution in [0.5, 0.6) is 0 Å². The highest BCUT2D eigenvalue weighted by molar-refractivity contribution is 14.1. The summed E-state index contributed by atoms with van der Waals surface area (Å²) >= 11 is 2.22. The second-order valence-electron chi connectivity index (χ2n) is 3.46. The smallest absolute Gasteiger partial charge is 0.0863 e. The van der Waals surface area contributed by atoms with Crippen molar-refractivity contribution in [3.05, 3.63) is 57.7 Å². The minimum atomic E-state index is -1.08. The Morgan fingerprint density at radius 2 is 1.50 bits per heavy atom. The molecule has 0 bridgehead atoms. The molecule has 0 spiro atoms. The maximum absolute atomic E-state index is 12.4. The van der Waals surface area contributed by atoms with Gasteiger partial charge in [0.25, 0.3) is 0 Å². The second kappa shape index (κ2) is 5.10. The number of hydrogen-bond donors (Lipinski definition) is 0. The lowest BCUT2D eigenvalue weighted by Crippen LogP contribution is -1.97. The predicted octanol–water partition coefficient (Wildman–Crippen LogP) is 3.77. The van der Waals surface area contributed by atoms with Gasteiger partial charge in [0, 0.05) is 8.47 Å². The van der Waals surface area contributed by atoms with Gasteiger partial charge in [-0.25, -0.2) is 4.21 Å². The fraction of sp³-hybridized carbons (Fsp3) is 0.0769. The van der Waals surface area contributed by atoms with Crippen LogP contribution in [0.2, 0.25) is 0 Å². The van der Waals surface area contributed by atoms with Crippen LogP contribution in [0.4, 0.5) is 0 Å². The van der Waals surface area contributed by atoms with Gasteiger partial charge >= 0.3 is 0 Å². The Bertz CT molecular complexity index is 489. The van der Waals surface area contributed by atoms with Crippen LogP contribution in [0.15, 0.2) is 58.3 Å². The third-order valence-corrected chi connectivity index (χ3v) is 5.25. The van der Waals surface area contributed by atoms with E-state index in [-0.39, 0.29) is 0 Å². The monoisotopic (exact) mass is 342 g/mol. The Morgan fingerprint density at radius 3 is 2.12 bits per heavy atom. The van der Waals surface area contributed by atoms with Crippen molar-refractivity contribution in [2.24, 2.45) is 0 Å². The van der Waals surface area contributed by atoms with Gasteiger partial charge in [-0.3, -0.25) is 0 Å². The highest BCUT2D eigenvalue weighted by Gasteiger charge is 2.11. The van der Waals surface area contributed by atoms with Gasteiger partial charge in [0.15, 0.2) is 0 Å². The van der Waals surface area contributed by atoms with Crippen LogP contribution in [0, 0.1) is 10.5 Å². The van der Waals surface area contributed by atoms with E-state index in [2.05, 4.69) is 22.6 Å². The molecule has 3 heteroatoms. The lowest BCUT2D eigenvalue weighted by molar-refractivity contribution is 0.682. The summed E-state index contributed by atoms with van der Waals surface area (Å²) in [6, 6.07) is 15.6. The van der Waals surface area contributed by atoms with Crippen LogP contribution in [-0.2, 0) is 10.8 Å². The average Bonchev–Trinajstić information content (AvgIpc) is 2.29. The first-order valence-electron chi connectivity index (χ1n) is 4.92. The number of hydrogen-bond acceptors (Lipinski definition) is 1. The zero-order chi connectivity index (χ0) is 11.5. The highest BCUT2D eigenvalue weighted by atomic mass is 127. The minimum absolute atomic E-state index is 0.886. The maximum atomic E-state index is 12.4. The molecular formula is C13H11IOS. The molecule has 1 atom stereocenters. The summed E-state index contributed by atoms with van der Waals surface area (Å²) in [6.07, 6.45) is 0. The van der Waals surface area contributed by atoms with E-state index in [0.717, 1.165) is 18.9 Å². The molecule has 1 nitrogen and oxygen atoms in total. The van der Waals surface area contributed by atoms with Crippen molar-refractivity contribution >= 4 is 33.4 Å². The van der Waals surface area contributed by atoms with Gasteiger partial charge in [0.05, 0.1) is 15.7 Å². The lowest BCUT2D eigenvalue weighted by atomic mass is 10.2. The van der Waals surface area contributed by atoms with E-state index in [1.165, 1.54) is 0 Å². The Kier molecular flexibility index (Phi) is 3.76. The van der Waals surface area contributed by atoms with Crippen molar-refractivity contribution in [2.75, 3.05) is 0 Å². The number of aryl methyl sites for hydroxylation is 1. The molecule has 0 aromatic heterocycles. The quantitative estimate of drug-likeness (QED) is 0.760. The first kappa shape index (κ1) is 11.8. The summed E-state index contributed by atoms with van der Waals surface area (Å²) in [5, 5.41) is 0. The number of halogens is 1. The predicted molar refractivity (Wildman–Crippen MR) is 75.0 cm³/mol. The summed E-state index contributed by atoms with van der Waals surface area (Å²) in [7, 11) is -1.08. The van der Waals surface area contributed by atoms with E-state index in [1.54, 1.807) is 0 Å².